The predicted octanol–water partition coefficient (Wildman–Crippen LogP) is 1.78. The first kappa shape index (κ1) is 16.6. The fraction of sp³-hybridized carbons (Fsp3) is 0.571. The van der Waals surface area contributed by atoms with E-state index in [2.05, 4.69) is 26.9 Å². The quantitative estimate of drug-likeness (QED) is 0.762. The molecular weight excluding hydrogens is 308 g/mol. The number of halogens is 1. The second kappa shape index (κ2) is 8.66. The van der Waals surface area contributed by atoms with Crippen molar-refractivity contribution in [3.05, 3.63) is 34.3 Å². The van der Waals surface area contributed by atoms with Crippen molar-refractivity contribution < 1.29 is 9.84 Å². The van der Waals surface area contributed by atoms with E-state index in [0.717, 1.165) is 16.6 Å². The number of hydrogen-bond donors (Lipinski definition) is 2. The average molecular weight is 331 g/mol. The van der Waals surface area contributed by atoms with Gasteiger partial charge in [-0.15, -0.1) is 0 Å². The third-order valence-electron chi connectivity index (χ3n) is 3.09. The van der Waals surface area contributed by atoms with Crippen molar-refractivity contribution in [2.24, 2.45) is 5.73 Å². The summed E-state index contributed by atoms with van der Waals surface area (Å²) < 4.78 is 6.18. The Balaban J connectivity index is 2.99. The highest BCUT2D eigenvalue weighted by Gasteiger charge is 2.25. The number of aliphatic hydroxyl groups is 1. The van der Waals surface area contributed by atoms with Crippen LogP contribution in [-0.2, 0) is 4.74 Å². The lowest BCUT2D eigenvalue weighted by Gasteiger charge is -2.34. The smallest absolute Gasteiger partial charge is 0.0589 e. The monoisotopic (exact) mass is 330 g/mol. The summed E-state index contributed by atoms with van der Waals surface area (Å²) in [7, 11) is 1.68. The van der Waals surface area contributed by atoms with Crippen molar-refractivity contribution >= 4 is 15.9 Å². The molecule has 0 aliphatic carbocycles. The molecule has 1 aromatic rings. The standard InChI is InChI=1S/C14H23BrN2O2/c1-11(16)14(12-5-3-4-6-13(12)15)17(7-9-18)8-10-19-2/h3-6,11,14,18H,7-10,16H2,1-2H3. The maximum atomic E-state index is 9.25. The Bertz CT molecular complexity index is 374. The Morgan fingerprint density at radius 2 is 2.05 bits per heavy atom. The van der Waals surface area contributed by atoms with Gasteiger partial charge in [0.15, 0.2) is 0 Å². The van der Waals surface area contributed by atoms with E-state index in [4.69, 9.17) is 10.5 Å². The number of aliphatic hydroxyl groups excluding tert-OH is 1. The van der Waals surface area contributed by atoms with Crippen LogP contribution in [0.4, 0.5) is 0 Å². The fourth-order valence-corrected chi connectivity index (χ4v) is 2.77. The molecule has 0 saturated heterocycles. The van der Waals surface area contributed by atoms with E-state index in [-0.39, 0.29) is 18.7 Å². The van der Waals surface area contributed by atoms with Crippen LogP contribution < -0.4 is 5.73 Å². The first-order valence-corrected chi connectivity index (χ1v) is 7.25. The number of rotatable bonds is 8. The van der Waals surface area contributed by atoms with Crippen LogP contribution in [0.5, 0.6) is 0 Å². The molecule has 0 spiro atoms. The van der Waals surface area contributed by atoms with Gasteiger partial charge in [0.05, 0.1) is 19.3 Å². The van der Waals surface area contributed by atoms with Gasteiger partial charge < -0.3 is 15.6 Å². The van der Waals surface area contributed by atoms with E-state index in [9.17, 15) is 5.11 Å². The fourth-order valence-electron chi connectivity index (χ4n) is 2.25. The summed E-state index contributed by atoms with van der Waals surface area (Å²) in [6.07, 6.45) is 0. The molecule has 2 unspecified atom stereocenters. The molecule has 0 aliphatic heterocycles. The summed E-state index contributed by atoms with van der Waals surface area (Å²) in [5.41, 5.74) is 7.30. The minimum atomic E-state index is -0.0397. The van der Waals surface area contributed by atoms with Crippen LogP contribution in [0.3, 0.4) is 0 Å². The maximum Gasteiger partial charge on any atom is 0.0589 e. The van der Waals surface area contributed by atoms with Crippen molar-refractivity contribution in [2.75, 3.05) is 33.4 Å². The first-order valence-electron chi connectivity index (χ1n) is 6.45. The Morgan fingerprint density at radius 3 is 2.58 bits per heavy atom. The molecule has 1 aromatic carbocycles. The van der Waals surface area contributed by atoms with Crippen molar-refractivity contribution in [3.8, 4) is 0 Å². The number of ether oxygens (including phenoxy) is 1. The summed E-state index contributed by atoms with van der Waals surface area (Å²) in [6.45, 7) is 4.04. The van der Waals surface area contributed by atoms with Crippen LogP contribution in [0.15, 0.2) is 28.7 Å². The van der Waals surface area contributed by atoms with Crippen molar-refractivity contribution in [3.63, 3.8) is 0 Å². The maximum absolute atomic E-state index is 9.25. The van der Waals surface area contributed by atoms with Crippen LogP contribution in [0.2, 0.25) is 0 Å². The van der Waals surface area contributed by atoms with Gasteiger partial charge in [-0.05, 0) is 18.6 Å². The van der Waals surface area contributed by atoms with Gasteiger partial charge >= 0.3 is 0 Å². The van der Waals surface area contributed by atoms with Gasteiger partial charge in [0.2, 0.25) is 0 Å². The van der Waals surface area contributed by atoms with E-state index < -0.39 is 0 Å². The van der Waals surface area contributed by atoms with Crippen LogP contribution >= 0.6 is 15.9 Å². The Morgan fingerprint density at radius 1 is 1.37 bits per heavy atom. The summed E-state index contributed by atoms with van der Waals surface area (Å²) in [5, 5.41) is 9.25. The molecule has 0 aromatic heterocycles. The lowest BCUT2D eigenvalue weighted by molar-refractivity contribution is 0.0926. The van der Waals surface area contributed by atoms with Gasteiger partial charge in [0.25, 0.3) is 0 Å². The topological polar surface area (TPSA) is 58.7 Å². The molecule has 0 fully saturated rings. The molecular formula is C14H23BrN2O2. The molecule has 0 bridgehead atoms. The van der Waals surface area contributed by atoms with Gasteiger partial charge in [-0.25, -0.2) is 0 Å². The second-order valence-electron chi connectivity index (χ2n) is 4.58. The number of benzene rings is 1. The zero-order valence-electron chi connectivity index (χ0n) is 11.6. The lowest BCUT2D eigenvalue weighted by atomic mass is 9.99. The molecule has 0 aliphatic rings. The lowest BCUT2D eigenvalue weighted by Crippen LogP contribution is -2.42. The average Bonchev–Trinajstić information content (AvgIpc) is 2.38. The Labute approximate surface area is 123 Å². The number of nitrogens with two attached hydrogens (primary N) is 1. The van der Waals surface area contributed by atoms with E-state index in [0.29, 0.717) is 13.2 Å². The summed E-state index contributed by atoms with van der Waals surface area (Å²) >= 11 is 3.58. The summed E-state index contributed by atoms with van der Waals surface area (Å²) in [5.74, 6) is 0. The van der Waals surface area contributed by atoms with Gasteiger partial charge in [0.1, 0.15) is 0 Å². The summed E-state index contributed by atoms with van der Waals surface area (Å²) in [6, 6.07) is 8.08. The molecule has 0 amide bonds. The van der Waals surface area contributed by atoms with E-state index in [1.54, 1.807) is 7.11 Å². The number of methoxy groups -OCH3 is 1. The predicted molar refractivity (Wildman–Crippen MR) is 81.1 cm³/mol. The first-order chi connectivity index (χ1) is 9.11. The van der Waals surface area contributed by atoms with Crippen LogP contribution in [0.25, 0.3) is 0 Å². The van der Waals surface area contributed by atoms with Crippen molar-refractivity contribution in [1.29, 1.82) is 0 Å². The molecule has 3 N–H and O–H groups in total. The number of nitrogens with zero attached hydrogens (tertiary/aromatic N) is 1. The van der Waals surface area contributed by atoms with Gasteiger partial charge in [-0.1, -0.05) is 34.1 Å². The Hall–Kier alpha value is -0.460. The zero-order valence-corrected chi connectivity index (χ0v) is 13.1. The van der Waals surface area contributed by atoms with Crippen molar-refractivity contribution in [2.45, 2.75) is 19.0 Å². The Kier molecular flexibility index (Phi) is 7.56. The van der Waals surface area contributed by atoms with Crippen LogP contribution in [0.1, 0.15) is 18.5 Å². The van der Waals surface area contributed by atoms with Gasteiger partial charge in [0, 0.05) is 30.7 Å². The van der Waals surface area contributed by atoms with E-state index in [1.165, 1.54) is 0 Å². The molecule has 2 atom stereocenters. The largest absolute Gasteiger partial charge is 0.395 e. The molecule has 0 radical (unpaired) electrons. The highest BCUT2D eigenvalue weighted by atomic mass is 79.9. The molecule has 108 valence electrons. The minimum absolute atomic E-state index is 0.0397. The summed E-state index contributed by atoms with van der Waals surface area (Å²) in [4.78, 5) is 2.16. The molecule has 4 nitrogen and oxygen atoms in total. The molecule has 1 rings (SSSR count). The second-order valence-corrected chi connectivity index (χ2v) is 5.43. The molecule has 19 heavy (non-hydrogen) atoms. The minimum Gasteiger partial charge on any atom is -0.395 e. The van der Waals surface area contributed by atoms with Crippen LogP contribution in [0, 0.1) is 0 Å². The van der Waals surface area contributed by atoms with Gasteiger partial charge in [-0.3, -0.25) is 4.90 Å². The third-order valence-corrected chi connectivity index (χ3v) is 3.81. The zero-order chi connectivity index (χ0) is 14.3. The molecule has 5 heteroatoms. The number of hydrogen-bond acceptors (Lipinski definition) is 4. The van der Waals surface area contributed by atoms with E-state index in [1.807, 2.05) is 25.1 Å². The SMILES string of the molecule is COCCN(CCO)C(c1ccccc1Br)C(C)N. The van der Waals surface area contributed by atoms with E-state index >= 15 is 0 Å². The third kappa shape index (κ3) is 4.85. The van der Waals surface area contributed by atoms with Crippen LogP contribution in [-0.4, -0.2) is 49.5 Å². The highest BCUT2D eigenvalue weighted by molar-refractivity contribution is 9.10. The highest BCUT2D eigenvalue weighted by Crippen LogP contribution is 2.29. The van der Waals surface area contributed by atoms with Gasteiger partial charge in [-0.2, -0.15) is 0 Å². The molecule has 0 saturated carbocycles. The van der Waals surface area contributed by atoms with Crippen molar-refractivity contribution in [1.82, 2.24) is 4.90 Å². The normalized spacial score (nSPS) is 14.6. The molecule has 0 heterocycles.